The van der Waals surface area contributed by atoms with E-state index in [-0.39, 0.29) is 21.7 Å². The summed E-state index contributed by atoms with van der Waals surface area (Å²) in [6.45, 7) is 0. The van der Waals surface area contributed by atoms with Crippen molar-refractivity contribution in [3.8, 4) is 11.1 Å². The van der Waals surface area contributed by atoms with Crippen LogP contribution >= 0.6 is 11.6 Å². The van der Waals surface area contributed by atoms with Gasteiger partial charge >= 0.3 is 0 Å². The summed E-state index contributed by atoms with van der Waals surface area (Å²) in [5, 5.41) is -0.129. The third-order valence-electron chi connectivity index (χ3n) is 2.43. The summed E-state index contributed by atoms with van der Waals surface area (Å²) in [5.41, 5.74) is 0.160. The summed E-state index contributed by atoms with van der Waals surface area (Å²) < 4.78 is 39.7. The molecule has 0 saturated heterocycles. The Morgan fingerprint density at radius 1 is 0.889 bits per heavy atom. The van der Waals surface area contributed by atoms with E-state index in [9.17, 15) is 18.0 Å². The molecule has 0 radical (unpaired) electrons. The predicted molar refractivity (Wildman–Crippen MR) is 62.1 cm³/mol. The fraction of sp³-hybridized carbons (Fsp3) is 0. The predicted octanol–water partition coefficient (Wildman–Crippen LogP) is 4.24. The van der Waals surface area contributed by atoms with Crippen LogP contribution in [0.25, 0.3) is 11.1 Å². The molecule has 92 valence electrons. The fourth-order valence-electron chi connectivity index (χ4n) is 1.55. The summed E-state index contributed by atoms with van der Waals surface area (Å²) in [6, 6.07) is 5.13. The average molecular weight is 271 g/mol. The van der Waals surface area contributed by atoms with Gasteiger partial charge in [0.05, 0.1) is 5.02 Å². The van der Waals surface area contributed by atoms with Crippen molar-refractivity contribution in [1.82, 2.24) is 0 Å². The molecule has 0 aliphatic carbocycles. The SMILES string of the molecule is O=Cc1ccc(F)c(-c2cc(F)c(F)cc2Cl)c1. The molecule has 0 aliphatic heterocycles. The minimum Gasteiger partial charge on any atom is -0.298 e. The molecular formula is C13H6ClF3O. The van der Waals surface area contributed by atoms with Crippen LogP contribution in [0.1, 0.15) is 10.4 Å². The van der Waals surface area contributed by atoms with E-state index in [0.717, 1.165) is 18.2 Å². The van der Waals surface area contributed by atoms with Crippen molar-refractivity contribution in [3.63, 3.8) is 0 Å². The van der Waals surface area contributed by atoms with Crippen molar-refractivity contribution in [2.45, 2.75) is 0 Å². The van der Waals surface area contributed by atoms with Crippen LogP contribution in [0.15, 0.2) is 30.3 Å². The lowest BCUT2D eigenvalue weighted by Gasteiger charge is -2.07. The third-order valence-corrected chi connectivity index (χ3v) is 2.74. The molecule has 0 amide bonds. The highest BCUT2D eigenvalue weighted by Crippen LogP contribution is 2.32. The van der Waals surface area contributed by atoms with Gasteiger partial charge in [0.1, 0.15) is 12.1 Å². The van der Waals surface area contributed by atoms with Gasteiger partial charge in [-0.2, -0.15) is 0 Å². The molecule has 5 heteroatoms. The van der Waals surface area contributed by atoms with Gasteiger partial charge in [0, 0.05) is 16.7 Å². The molecule has 0 heterocycles. The Kier molecular flexibility index (Phi) is 3.39. The largest absolute Gasteiger partial charge is 0.298 e. The van der Waals surface area contributed by atoms with Crippen molar-refractivity contribution < 1.29 is 18.0 Å². The van der Waals surface area contributed by atoms with Crippen molar-refractivity contribution >= 4 is 17.9 Å². The first kappa shape index (κ1) is 12.6. The Bertz CT molecular complexity index is 626. The second-order valence-corrected chi connectivity index (χ2v) is 4.01. The Balaban J connectivity index is 2.68. The Labute approximate surface area is 106 Å². The number of hydrogen-bond acceptors (Lipinski definition) is 1. The molecule has 0 saturated carbocycles. The highest BCUT2D eigenvalue weighted by Gasteiger charge is 2.14. The maximum absolute atomic E-state index is 13.6. The number of carbonyl (C=O) groups is 1. The minimum absolute atomic E-state index is 0.00299. The molecule has 0 bridgehead atoms. The van der Waals surface area contributed by atoms with Crippen molar-refractivity contribution in [1.29, 1.82) is 0 Å². The molecule has 1 nitrogen and oxygen atoms in total. The van der Waals surface area contributed by atoms with Crippen molar-refractivity contribution in [2.24, 2.45) is 0 Å². The second-order valence-electron chi connectivity index (χ2n) is 3.60. The van der Waals surface area contributed by atoms with Crippen LogP contribution in [0.5, 0.6) is 0 Å². The topological polar surface area (TPSA) is 17.1 Å². The van der Waals surface area contributed by atoms with Crippen LogP contribution in [-0.4, -0.2) is 6.29 Å². The maximum atomic E-state index is 13.6. The summed E-state index contributed by atoms with van der Waals surface area (Å²) in [5.74, 6) is -2.92. The summed E-state index contributed by atoms with van der Waals surface area (Å²) in [7, 11) is 0. The van der Waals surface area contributed by atoms with E-state index < -0.39 is 17.5 Å². The standard InChI is InChI=1S/C13H6ClF3O/c14-10-5-13(17)12(16)4-8(10)9-3-7(6-18)1-2-11(9)15/h1-6H. The van der Waals surface area contributed by atoms with Crippen LogP contribution in [-0.2, 0) is 0 Å². The molecule has 18 heavy (non-hydrogen) atoms. The normalized spacial score (nSPS) is 10.4. The molecule has 0 aromatic heterocycles. The van der Waals surface area contributed by atoms with E-state index in [1.807, 2.05) is 0 Å². The molecule has 2 rings (SSSR count). The van der Waals surface area contributed by atoms with E-state index in [0.29, 0.717) is 6.29 Å². The highest BCUT2D eigenvalue weighted by atomic mass is 35.5. The van der Waals surface area contributed by atoms with Gasteiger partial charge in [-0.1, -0.05) is 11.6 Å². The van der Waals surface area contributed by atoms with Gasteiger partial charge in [-0.05, 0) is 30.3 Å². The Morgan fingerprint density at radius 3 is 2.22 bits per heavy atom. The monoisotopic (exact) mass is 270 g/mol. The van der Waals surface area contributed by atoms with Gasteiger partial charge in [-0.25, -0.2) is 13.2 Å². The second kappa shape index (κ2) is 4.82. The fourth-order valence-corrected chi connectivity index (χ4v) is 1.80. The number of hydrogen-bond donors (Lipinski definition) is 0. The van der Waals surface area contributed by atoms with E-state index in [4.69, 9.17) is 11.6 Å². The summed E-state index contributed by atoms with van der Waals surface area (Å²) in [6.07, 6.45) is 0.525. The van der Waals surface area contributed by atoms with E-state index in [1.165, 1.54) is 12.1 Å². The van der Waals surface area contributed by atoms with Gasteiger partial charge in [0.25, 0.3) is 0 Å². The van der Waals surface area contributed by atoms with Crippen LogP contribution in [0, 0.1) is 17.5 Å². The van der Waals surface area contributed by atoms with Gasteiger partial charge in [-0.15, -0.1) is 0 Å². The zero-order valence-electron chi connectivity index (χ0n) is 8.88. The molecule has 2 aromatic carbocycles. The smallest absolute Gasteiger partial charge is 0.160 e. The quantitative estimate of drug-likeness (QED) is 0.589. The van der Waals surface area contributed by atoms with Crippen LogP contribution < -0.4 is 0 Å². The first-order valence-corrected chi connectivity index (χ1v) is 5.30. The lowest BCUT2D eigenvalue weighted by molar-refractivity contribution is 0.112. The lowest BCUT2D eigenvalue weighted by atomic mass is 10.0. The molecule has 0 N–H and O–H groups in total. The average Bonchev–Trinajstić information content (AvgIpc) is 2.35. The molecule has 0 spiro atoms. The molecule has 0 unspecified atom stereocenters. The zero-order valence-corrected chi connectivity index (χ0v) is 9.64. The number of aldehydes is 1. The van der Waals surface area contributed by atoms with E-state index >= 15 is 0 Å². The third kappa shape index (κ3) is 2.24. The van der Waals surface area contributed by atoms with Crippen LogP contribution in [0.3, 0.4) is 0 Å². The van der Waals surface area contributed by atoms with Gasteiger partial charge in [0.2, 0.25) is 0 Å². The van der Waals surface area contributed by atoms with Gasteiger partial charge in [-0.3, -0.25) is 4.79 Å². The number of halogens is 4. The minimum atomic E-state index is -1.13. The van der Waals surface area contributed by atoms with E-state index in [1.54, 1.807) is 0 Å². The Morgan fingerprint density at radius 2 is 1.56 bits per heavy atom. The number of carbonyl (C=O) groups excluding carboxylic acids is 1. The molecule has 0 atom stereocenters. The number of benzene rings is 2. The van der Waals surface area contributed by atoms with Crippen LogP contribution in [0.4, 0.5) is 13.2 Å². The Hall–Kier alpha value is -1.81. The van der Waals surface area contributed by atoms with E-state index in [2.05, 4.69) is 0 Å². The van der Waals surface area contributed by atoms with Gasteiger partial charge in [0.15, 0.2) is 11.6 Å². The maximum Gasteiger partial charge on any atom is 0.160 e. The highest BCUT2D eigenvalue weighted by molar-refractivity contribution is 6.33. The van der Waals surface area contributed by atoms with Crippen molar-refractivity contribution in [3.05, 3.63) is 58.4 Å². The van der Waals surface area contributed by atoms with Gasteiger partial charge < -0.3 is 0 Å². The molecular weight excluding hydrogens is 265 g/mol. The first-order valence-electron chi connectivity index (χ1n) is 4.92. The lowest BCUT2D eigenvalue weighted by Crippen LogP contribution is -1.92. The molecule has 0 aliphatic rings. The summed E-state index contributed by atoms with van der Waals surface area (Å²) in [4.78, 5) is 10.6. The first-order chi connectivity index (χ1) is 8.52. The summed E-state index contributed by atoms with van der Waals surface area (Å²) >= 11 is 5.74. The van der Waals surface area contributed by atoms with Crippen LogP contribution in [0.2, 0.25) is 5.02 Å². The molecule has 2 aromatic rings. The number of rotatable bonds is 2. The zero-order chi connectivity index (χ0) is 13.3. The molecule has 0 fully saturated rings. The van der Waals surface area contributed by atoms with Crippen molar-refractivity contribution in [2.75, 3.05) is 0 Å².